The molecule has 0 bridgehead atoms. The number of unbranched alkanes of at least 4 members (excludes halogenated alkanes) is 11. The summed E-state index contributed by atoms with van der Waals surface area (Å²) in [5, 5.41) is 8.55. The molecule has 0 amide bonds. The van der Waals surface area contributed by atoms with E-state index in [0.717, 1.165) is 38.5 Å². The second kappa shape index (κ2) is 21.7. The molecule has 2 nitrogen and oxygen atoms in total. The van der Waals surface area contributed by atoms with Gasteiger partial charge in [0.25, 0.3) is 0 Å². The molecule has 0 aromatic carbocycles. The number of rotatable bonds is 19. The summed E-state index contributed by atoms with van der Waals surface area (Å²) >= 11 is 0. The molecular weight excluding hydrogens is 320 g/mol. The third-order valence-electron chi connectivity index (χ3n) is 4.53. The van der Waals surface area contributed by atoms with E-state index in [-0.39, 0.29) is 0 Å². The molecule has 0 aliphatic heterocycles. The molecule has 0 unspecified atom stereocenters. The van der Waals surface area contributed by atoms with E-state index >= 15 is 0 Å². The lowest BCUT2D eigenvalue weighted by Gasteiger charge is -1.98. The van der Waals surface area contributed by atoms with Gasteiger partial charge in [0.2, 0.25) is 0 Å². The number of carbonyl (C=O) groups is 1. The van der Waals surface area contributed by atoms with Crippen molar-refractivity contribution < 1.29 is 9.90 Å². The molecule has 0 aliphatic rings. The predicted octanol–water partition coefficient (Wildman–Crippen LogP) is 8.00. The average molecular weight is 363 g/mol. The van der Waals surface area contributed by atoms with Gasteiger partial charge in [-0.05, 0) is 44.9 Å². The second-order valence-corrected chi connectivity index (χ2v) is 7.14. The maximum absolute atomic E-state index is 10.4. The molecule has 0 heterocycles. The zero-order chi connectivity index (χ0) is 19.1. The molecule has 0 aromatic heterocycles. The molecule has 0 atom stereocenters. The van der Waals surface area contributed by atoms with E-state index < -0.39 is 5.97 Å². The number of aliphatic carboxylic acids is 1. The molecule has 0 spiro atoms. The van der Waals surface area contributed by atoms with Gasteiger partial charge in [-0.15, -0.1) is 0 Å². The quantitative estimate of drug-likeness (QED) is 0.187. The van der Waals surface area contributed by atoms with Crippen LogP contribution in [0.3, 0.4) is 0 Å². The van der Waals surface area contributed by atoms with Crippen LogP contribution in [-0.2, 0) is 4.79 Å². The van der Waals surface area contributed by atoms with Gasteiger partial charge < -0.3 is 5.11 Å². The van der Waals surface area contributed by atoms with Crippen LogP contribution in [0.1, 0.15) is 110 Å². The lowest BCUT2D eigenvalue weighted by atomic mass is 10.1. The first-order chi connectivity index (χ1) is 12.8. The maximum atomic E-state index is 10.4. The van der Waals surface area contributed by atoms with E-state index in [4.69, 9.17) is 5.11 Å². The van der Waals surface area contributed by atoms with E-state index in [0.29, 0.717) is 6.42 Å². The van der Waals surface area contributed by atoms with Gasteiger partial charge in [0, 0.05) is 6.42 Å². The monoisotopic (exact) mass is 362 g/mol. The third-order valence-corrected chi connectivity index (χ3v) is 4.53. The average Bonchev–Trinajstić information content (AvgIpc) is 2.62. The zero-order valence-electron chi connectivity index (χ0n) is 17.1. The highest BCUT2D eigenvalue weighted by Gasteiger charge is 1.95. The van der Waals surface area contributed by atoms with Gasteiger partial charge in [-0.25, -0.2) is 0 Å². The Bertz CT molecular complexity index is 380. The van der Waals surface area contributed by atoms with Gasteiger partial charge >= 0.3 is 5.97 Å². The Hall–Kier alpha value is -1.31. The summed E-state index contributed by atoms with van der Waals surface area (Å²) in [6, 6.07) is 0. The van der Waals surface area contributed by atoms with E-state index in [1.165, 1.54) is 57.8 Å². The van der Waals surface area contributed by atoms with Crippen molar-refractivity contribution in [2.45, 2.75) is 110 Å². The predicted molar refractivity (Wildman–Crippen MR) is 115 cm³/mol. The van der Waals surface area contributed by atoms with Gasteiger partial charge in [0.15, 0.2) is 0 Å². The van der Waals surface area contributed by atoms with Crippen molar-refractivity contribution >= 4 is 5.97 Å². The fraction of sp³-hybridized carbons (Fsp3) is 0.708. The number of carboxylic acids is 1. The van der Waals surface area contributed by atoms with E-state index in [9.17, 15) is 4.79 Å². The van der Waals surface area contributed by atoms with Crippen LogP contribution in [-0.4, -0.2) is 11.1 Å². The molecule has 2 heteroatoms. The van der Waals surface area contributed by atoms with Crippen molar-refractivity contribution in [2.75, 3.05) is 0 Å². The minimum absolute atomic E-state index is 0.320. The first kappa shape index (κ1) is 24.7. The molecule has 0 aromatic rings. The highest BCUT2D eigenvalue weighted by atomic mass is 16.4. The highest BCUT2D eigenvalue weighted by molar-refractivity contribution is 5.66. The normalized spacial score (nSPS) is 12.0. The van der Waals surface area contributed by atoms with Crippen molar-refractivity contribution in [3.63, 3.8) is 0 Å². The Labute approximate surface area is 162 Å². The summed E-state index contributed by atoms with van der Waals surface area (Å²) in [4.78, 5) is 10.4. The van der Waals surface area contributed by atoms with Gasteiger partial charge in [-0.2, -0.15) is 0 Å². The standard InChI is InChI=1S/C24H42O2/c1-2-3-4-5-6-7-8-9-10-11-12-13-14-15-16-17-18-19-20-21-22-23-24(25)26/h9-10,12-13,15-16H,2-8,11,14,17-23H2,1H3,(H,25,26). The number of hydrogen-bond acceptors (Lipinski definition) is 1. The second-order valence-electron chi connectivity index (χ2n) is 7.14. The molecule has 0 fully saturated rings. The molecule has 1 N–H and O–H groups in total. The van der Waals surface area contributed by atoms with Crippen LogP contribution in [0.25, 0.3) is 0 Å². The Kier molecular flexibility index (Phi) is 20.6. The van der Waals surface area contributed by atoms with Crippen molar-refractivity contribution in [1.82, 2.24) is 0 Å². The van der Waals surface area contributed by atoms with Gasteiger partial charge in [0.1, 0.15) is 0 Å². The van der Waals surface area contributed by atoms with E-state index in [1.54, 1.807) is 0 Å². The molecule has 0 radical (unpaired) electrons. The van der Waals surface area contributed by atoms with Gasteiger partial charge in [-0.3, -0.25) is 4.79 Å². The fourth-order valence-electron chi connectivity index (χ4n) is 2.89. The summed E-state index contributed by atoms with van der Waals surface area (Å²) in [5.74, 6) is -0.672. The van der Waals surface area contributed by atoms with Crippen molar-refractivity contribution in [3.05, 3.63) is 36.5 Å². The summed E-state index contributed by atoms with van der Waals surface area (Å²) in [7, 11) is 0. The highest BCUT2D eigenvalue weighted by Crippen LogP contribution is 2.08. The van der Waals surface area contributed by atoms with Crippen LogP contribution in [0.4, 0.5) is 0 Å². The molecule has 150 valence electrons. The first-order valence-corrected chi connectivity index (χ1v) is 10.9. The van der Waals surface area contributed by atoms with Crippen LogP contribution in [0.15, 0.2) is 36.5 Å². The smallest absolute Gasteiger partial charge is 0.303 e. The van der Waals surface area contributed by atoms with Crippen molar-refractivity contribution in [1.29, 1.82) is 0 Å². The van der Waals surface area contributed by atoms with Crippen LogP contribution >= 0.6 is 0 Å². The largest absolute Gasteiger partial charge is 0.481 e. The van der Waals surface area contributed by atoms with Crippen LogP contribution < -0.4 is 0 Å². The van der Waals surface area contributed by atoms with E-state index in [1.807, 2.05) is 0 Å². The summed E-state index contributed by atoms with van der Waals surface area (Å²) in [5.41, 5.74) is 0. The number of hydrogen-bond donors (Lipinski definition) is 1. The molecule has 0 aliphatic carbocycles. The molecule has 0 rings (SSSR count). The first-order valence-electron chi connectivity index (χ1n) is 10.9. The topological polar surface area (TPSA) is 37.3 Å². The fourth-order valence-corrected chi connectivity index (χ4v) is 2.89. The Balaban J connectivity index is 3.27. The Morgan fingerprint density at radius 1 is 0.615 bits per heavy atom. The van der Waals surface area contributed by atoms with Crippen LogP contribution in [0, 0.1) is 0 Å². The molecule has 0 saturated carbocycles. The zero-order valence-corrected chi connectivity index (χ0v) is 17.1. The Morgan fingerprint density at radius 3 is 1.54 bits per heavy atom. The van der Waals surface area contributed by atoms with Crippen molar-refractivity contribution in [2.24, 2.45) is 0 Å². The third kappa shape index (κ3) is 22.7. The summed E-state index contributed by atoms with van der Waals surface area (Å²) in [6.07, 6.45) is 32.1. The minimum Gasteiger partial charge on any atom is -0.481 e. The molecule has 0 saturated heterocycles. The minimum atomic E-state index is -0.672. The van der Waals surface area contributed by atoms with Gasteiger partial charge in [0.05, 0.1) is 0 Å². The molecular formula is C24H42O2. The Morgan fingerprint density at radius 2 is 1.04 bits per heavy atom. The summed E-state index contributed by atoms with van der Waals surface area (Å²) < 4.78 is 0. The SMILES string of the molecule is CCCCCCCCC=CCC=CCC=CCCCCCCCC(=O)O. The summed E-state index contributed by atoms with van der Waals surface area (Å²) in [6.45, 7) is 2.27. The maximum Gasteiger partial charge on any atom is 0.303 e. The van der Waals surface area contributed by atoms with Crippen LogP contribution in [0.2, 0.25) is 0 Å². The van der Waals surface area contributed by atoms with Crippen LogP contribution in [0.5, 0.6) is 0 Å². The number of carboxylic acid groups (broad SMARTS) is 1. The number of allylic oxidation sites excluding steroid dienone is 6. The molecule has 26 heavy (non-hydrogen) atoms. The lowest BCUT2D eigenvalue weighted by molar-refractivity contribution is -0.137. The van der Waals surface area contributed by atoms with Gasteiger partial charge in [-0.1, -0.05) is 94.7 Å². The van der Waals surface area contributed by atoms with E-state index in [2.05, 4.69) is 43.4 Å². The van der Waals surface area contributed by atoms with Crippen molar-refractivity contribution in [3.8, 4) is 0 Å². The lowest BCUT2D eigenvalue weighted by Crippen LogP contribution is -1.93.